The van der Waals surface area contributed by atoms with Crippen molar-refractivity contribution in [2.24, 2.45) is 0 Å². The van der Waals surface area contributed by atoms with Crippen LogP contribution in [0.2, 0.25) is 5.02 Å². The van der Waals surface area contributed by atoms with Crippen molar-refractivity contribution >= 4 is 11.6 Å². The zero-order valence-electron chi connectivity index (χ0n) is 16.1. The summed E-state index contributed by atoms with van der Waals surface area (Å²) in [6.07, 6.45) is 2.58. The summed E-state index contributed by atoms with van der Waals surface area (Å²) in [5.41, 5.74) is 2.76. The van der Waals surface area contributed by atoms with Crippen LogP contribution in [0.1, 0.15) is 24.0 Å². The first-order valence-electron chi connectivity index (χ1n) is 10.2. The predicted octanol–water partition coefficient (Wildman–Crippen LogP) is 4.12. The van der Waals surface area contributed by atoms with Gasteiger partial charge in [-0.3, -0.25) is 14.7 Å². The van der Waals surface area contributed by atoms with Crippen LogP contribution in [0.5, 0.6) is 0 Å². The molecule has 2 aromatic rings. The minimum Gasteiger partial charge on any atom is -0.299 e. The molecule has 2 fully saturated rings. The smallest absolute Gasteiger partial charge is 0.0409 e. The molecule has 2 aliphatic rings. The average molecular weight is 384 g/mol. The highest BCUT2D eigenvalue weighted by molar-refractivity contribution is 6.30. The highest BCUT2D eigenvalue weighted by Crippen LogP contribution is 2.21. The molecule has 0 aliphatic carbocycles. The fraction of sp³-hybridized carbons (Fsp3) is 0.478. The maximum absolute atomic E-state index is 6.12. The van der Waals surface area contributed by atoms with Crippen molar-refractivity contribution in [2.45, 2.75) is 32.0 Å². The average Bonchev–Trinajstić information content (AvgIpc) is 2.70. The van der Waals surface area contributed by atoms with E-state index in [1.807, 2.05) is 6.07 Å². The molecule has 2 saturated heterocycles. The Balaban J connectivity index is 1.20. The molecule has 2 heterocycles. The largest absolute Gasteiger partial charge is 0.299 e. The third-order valence-electron chi connectivity index (χ3n) is 6.02. The standard InChI is InChI=1S/C23H30ClN3/c24-22-8-4-7-21(17-22)19-25-11-9-23(10-12-25)27-15-13-26(14-16-27)18-20-5-2-1-3-6-20/h1-8,17,23H,9-16,18-19H2. The lowest BCUT2D eigenvalue weighted by atomic mass is 10.0. The highest BCUT2D eigenvalue weighted by Gasteiger charge is 2.27. The van der Waals surface area contributed by atoms with E-state index in [2.05, 4.69) is 63.2 Å². The van der Waals surface area contributed by atoms with Gasteiger partial charge in [0.1, 0.15) is 0 Å². The summed E-state index contributed by atoms with van der Waals surface area (Å²) < 4.78 is 0. The van der Waals surface area contributed by atoms with Crippen LogP contribution in [0.3, 0.4) is 0 Å². The van der Waals surface area contributed by atoms with Gasteiger partial charge in [-0.15, -0.1) is 0 Å². The molecule has 2 aliphatic heterocycles. The molecule has 0 saturated carbocycles. The first-order chi connectivity index (χ1) is 13.3. The molecule has 144 valence electrons. The molecule has 0 N–H and O–H groups in total. The van der Waals surface area contributed by atoms with Gasteiger partial charge in [0.2, 0.25) is 0 Å². The molecule has 3 nitrogen and oxygen atoms in total. The molecular formula is C23H30ClN3. The molecular weight excluding hydrogens is 354 g/mol. The van der Waals surface area contributed by atoms with Gasteiger partial charge in [-0.25, -0.2) is 0 Å². The Morgan fingerprint density at radius 2 is 1.33 bits per heavy atom. The Kier molecular flexibility index (Phi) is 6.46. The summed E-state index contributed by atoms with van der Waals surface area (Å²) in [4.78, 5) is 7.91. The van der Waals surface area contributed by atoms with Gasteiger partial charge >= 0.3 is 0 Å². The molecule has 0 bridgehead atoms. The number of piperidine rings is 1. The fourth-order valence-corrected chi connectivity index (χ4v) is 4.68. The maximum Gasteiger partial charge on any atom is 0.0409 e. The van der Waals surface area contributed by atoms with Crippen LogP contribution in [-0.4, -0.2) is 60.0 Å². The molecule has 4 rings (SSSR count). The normalized spacial score (nSPS) is 20.8. The van der Waals surface area contributed by atoms with Crippen molar-refractivity contribution in [2.75, 3.05) is 39.3 Å². The van der Waals surface area contributed by atoms with Crippen LogP contribution in [0.25, 0.3) is 0 Å². The molecule has 0 unspecified atom stereocenters. The molecule has 4 heteroatoms. The van der Waals surface area contributed by atoms with Crippen LogP contribution in [0.4, 0.5) is 0 Å². The highest BCUT2D eigenvalue weighted by atomic mass is 35.5. The SMILES string of the molecule is Clc1cccc(CN2CCC(N3CCN(Cc4ccccc4)CC3)CC2)c1. The summed E-state index contributed by atoms with van der Waals surface area (Å²) in [5, 5.41) is 0.843. The second kappa shape index (κ2) is 9.20. The lowest BCUT2D eigenvalue weighted by Gasteiger charge is -2.42. The summed E-state index contributed by atoms with van der Waals surface area (Å²) >= 11 is 6.12. The van der Waals surface area contributed by atoms with Crippen molar-refractivity contribution in [1.29, 1.82) is 0 Å². The molecule has 0 atom stereocenters. The second-order valence-electron chi connectivity index (χ2n) is 7.93. The number of hydrogen-bond donors (Lipinski definition) is 0. The number of nitrogens with zero attached hydrogens (tertiary/aromatic N) is 3. The number of piperazine rings is 1. The van der Waals surface area contributed by atoms with Crippen LogP contribution in [0, 0.1) is 0 Å². The Morgan fingerprint density at radius 3 is 2.04 bits per heavy atom. The van der Waals surface area contributed by atoms with Gasteiger partial charge in [0.15, 0.2) is 0 Å². The molecule has 0 radical (unpaired) electrons. The predicted molar refractivity (Wildman–Crippen MR) is 113 cm³/mol. The van der Waals surface area contributed by atoms with Crippen LogP contribution < -0.4 is 0 Å². The Hall–Kier alpha value is -1.39. The zero-order chi connectivity index (χ0) is 18.5. The van der Waals surface area contributed by atoms with Gasteiger partial charge in [0.25, 0.3) is 0 Å². The van der Waals surface area contributed by atoms with Crippen LogP contribution in [-0.2, 0) is 13.1 Å². The van der Waals surface area contributed by atoms with E-state index in [4.69, 9.17) is 11.6 Å². The van der Waals surface area contributed by atoms with E-state index < -0.39 is 0 Å². The van der Waals surface area contributed by atoms with Gasteiger partial charge < -0.3 is 0 Å². The van der Waals surface area contributed by atoms with E-state index in [1.165, 1.54) is 63.2 Å². The van der Waals surface area contributed by atoms with Gasteiger partial charge in [0, 0.05) is 50.3 Å². The lowest BCUT2D eigenvalue weighted by molar-refractivity contribution is 0.0550. The fourth-order valence-electron chi connectivity index (χ4n) is 4.46. The third-order valence-corrected chi connectivity index (χ3v) is 6.26. The Labute approximate surface area is 168 Å². The number of halogens is 1. The Morgan fingerprint density at radius 1 is 0.704 bits per heavy atom. The second-order valence-corrected chi connectivity index (χ2v) is 8.37. The Bertz CT molecular complexity index is 705. The molecule has 0 spiro atoms. The van der Waals surface area contributed by atoms with Gasteiger partial charge in [-0.05, 0) is 49.2 Å². The van der Waals surface area contributed by atoms with Crippen LogP contribution in [0.15, 0.2) is 54.6 Å². The van der Waals surface area contributed by atoms with E-state index in [0.717, 1.165) is 24.2 Å². The maximum atomic E-state index is 6.12. The summed E-state index contributed by atoms with van der Waals surface area (Å²) in [5.74, 6) is 0. The first-order valence-corrected chi connectivity index (χ1v) is 10.6. The van der Waals surface area contributed by atoms with E-state index in [1.54, 1.807) is 0 Å². The molecule has 27 heavy (non-hydrogen) atoms. The molecule has 0 aromatic heterocycles. The minimum atomic E-state index is 0.763. The van der Waals surface area contributed by atoms with Gasteiger partial charge in [-0.2, -0.15) is 0 Å². The lowest BCUT2D eigenvalue weighted by Crippen LogP contribution is -2.52. The van der Waals surface area contributed by atoms with E-state index >= 15 is 0 Å². The van der Waals surface area contributed by atoms with E-state index in [0.29, 0.717) is 0 Å². The topological polar surface area (TPSA) is 9.72 Å². The molecule has 2 aromatic carbocycles. The van der Waals surface area contributed by atoms with E-state index in [-0.39, 0.29) is 0 Å². The number of likely N-dealkylation sites (tertiary alicyclic amines) is 1. The van der Waals surface area contributed by atoms with E-state index in [9.17, 15) is 0 Å². The summed E-state index contributed by atoms with van der Waals surface area (Å²) in [7, 11) is 0. The van der Waals surface area contributed by atoms with Crippen molar-refractivity contribution < 1.29 is 0 Å². The van der Waals surface area contributed by atoms with Crippen molar-refractivity contribution in [3.8, 4) is 0 Å². The van der Waals surface area contributed by atoms with Gasteiger partial charge in [-0.1, -0.05) is 54.1 Å². The summed E-state index contributed by atoms with van der Waals surface area (Å²) in [6.45, 7) is 9.32. The monoisotopic (exact) mass is 383 g/mol. The summed E-state index contributed by atoms with van der Waals surface area (Å²) in [6, 6.07) is 19.9. The van der Waals surface area contributed by atoms with Gasteiger partial charge in [0.05, 0.1) is 0 Å². The number of hydrogen-bond acceptors (Lipinski definition) is 3. The van der Waals surface area contributed by atoms with Crippen LogP contribution >= 0.6 is 11.6 Å². The first kappa shape index (κ1) is 18.9. The van der Waals surface area contributed by atoms with Crippen molar-refractivity contribution in [1.82, 2.24) is 14.7 Å². The van der Waals surface area contributed by atoms with Crippen molar-refractivity contribution in [3.63, 3.8) is 0 Å². The third kappa shape index (κ3) is 5.32. The minimum absolute atomic E-state index is 0.763. The number of benzene rings is 2. The number of rotatable bonds is 5. The molecule has 0 amide bonds. The van der Waals surface area contributed by atoms with Crippen molar-refractivity contribution in [3.05, 3.63) is 70.7 Å². The quantitative estimate of drug-likeness (QED) is 0.768. The zero-order valence-corrected chi connectivity index (χ0v) is 16.8.